The van der Waals surface area contributed by atoms with Crippen molar-refractivity contribution in [3.05, 3.63) is 0 Å². The minimum Gasteiger partial charge on any atom is -0.389 e. The molecule has 0 radical (unpaired) electrons. The first-order chi connectivity index (χ1) is 7.76. The summed E-state index contributed by atoms with van der Waals surface area (Å²) in [5.74, 6) is 0. The second kappa shape index (κ2) is 7.97. The van der Waals surface area contributed by atoms with Crippen LogP contribution in [0.25, 0.3) is 0 Å². The highest BCUT2D eigenvalue weighted by molar-refractivity contribution is 4.86. The molecular formula is C11H23NO4. The fourth-order valence-electron chi connectivity index (χ4n) is 1.65. The summed E-state index contributed by atoms with van der Waals surface area (Å²) in [6.45, 7) is 2.03. The molecule has 0 heterocycles. The number of aliphatic hydroxyl groups is 1. The Morgan fingerprint density at radius 3 is 2.69 bits per heavy atom. The minimum absolute atomic E-state index is 0.358. The lowest BCUT2D eigenvalue weighted by Gasteiger charge is -2.35. The Labute approximate surface area is 97.1 Å². The predicted molar refractivity (Wildman–Crippen MR) is 60.5 cm³/mol. The van der Waals surface area contributed by atoms with Crippen molar-refractivity contribution < 1.29 is 19.3 Å². The van der Waals surface area contributed by atoms with Crippen LogP contribution in [0.4, 0.5) is 0 Å². The third-order valence-electron chi connectivity index (χ3n) is 2.81. The van der Waals surface area contributed by atoms with Gasteiger partial charge in [0.15, 0.2) is 0 Å². The Bertz CT molecular complexity index is 173. The molecule has 2 N–H and O–H groups in total. The van der Waals surface area contributed by atoms with Crippen LogP contribution in [0, 0.1) is 0 Å². The third-order valence-corrected chi connectivity index (χ3v) is 2.81. The van der Waals surface area contributed by atoms with Crippen molar-refractivity contribution in [2.24, 2.45) is 0 Å². The lowest BCUT2D eigenvalue weighted by atomic mass is 9.89. The number of methoxy groups -OCH3 is 2. The Balaban J connectivity index is 1.89. The zero-order valence-electron chi connectivity index (χ0n) is 10.1. The van der Waals surface area contributed by atoms with Crippen LogP contribution >= 0.6 is 0 Å². The first kappa shape index (κ1) is 13.9. The van der Waals surface area contributed by atoms with E-state index in [0.717, 1.165) is 12.8 Å². The summed E-state index contributed by atoms with van der Waals surface area (Å²) >= 11 is 0. The molecule has 1 unspecified atom stereocenters. The van der Waals surface area contributed by atoms with Gasteiger partial charge >= 0.3 is 0 Å². The van der Waals surface area contributed by atoms with Gasteiger partial charge < -0.3 is 24.6 Å². The van der Waals surface area contributed by atoms with E-state index in [4.69, 9.17) is 14.2 Å². The molecule has 0 aliphatic heterocycles. The molecule has 1 aliphatic rings. The summed E-state index contributed by atoms with van der Waals surface area (Å²) in [6, 6.07) is 0.485. The topological polar surface area (TPSA) is 60.0 Å². The van der Waals surface area contributed by atoms with Crippen LogP contribution in [0.5, 0.6) is 0 Å². The van der Waals surface area contributed by atoms with Crippen molar-refractivity contribution in [1.82, 2.24) is 5.32 Å². The van der Waals surface area contributed by atoms with Crippen molar-refractivity contribution in [1.29, 1.82) is 0 Å². The van der Waals surface area contributed by atoms with Crippen LogP contribution in [0.2, 0.25) is 0 Å². The molecule has 1 aliphatic carbocycles. The molecule has 1 atom stereocenters. The summed E-state index contributed by atoms with van der Waals surface area (Å²) in [5, 5.41) is 12.9. The van der Waals surface area contributed by atoms with E-state index in [1.807, 2.05) is 0 Å². The van der Waals surface area contributed by atoms with E-state index < -0.39 is 6.10 Å². The zero-order chi connectivity index (χ0) is 11.8. The van der Waals surface area contributed by atoms with Crippen LogP contribution in [0.3, 0.4) is 0 Å². The molecule has 5 heteroatoms. The maximum Gasteiger partial charge on any atom is 0.0897 e. The fourth-order valence-corrected chi connectivity index (χ4v) is 1.65. The quantitative estimate of drug-likeness (QED) is 0.539. The Hall–Kier alpha value is -0.200. The summed E-state index contributed by atoms with van der Waals surface area (Å²) in [7, 11) is 3.36. The summed E-state index contributed by atoms with van der Waals surface area (Å²) in [6.07, 6.45) is 2.02. The van der Waals surface area contributed by atoms with E-state index in [-0.39, 0.29) is 0 Å². The number of hydrogen-bond donors (Lipinski definition) is 2. The van der Waals surface area contributed by atoms with Gasteiger partial charge in [0.1, 0.15) is 0 Å². The van der Waals surface area contributed by atoms with E-state index >= 15 is 0 Å². The van der Waals surface area contributed by atoms with E-state index in [1.54, 1.807) is 14.2 Å². The Morgan fingerprint density at radius 2 is 2.06 bits per heavy atom. The zero-order valence-corrected chi connectivity index (χ0v) is 10.1. The molecule has 16 heavy (non-hydrogen) atoms. The molecule has 0 amide bonds. The minimum atomic E-state index is -0.446. The van der Waals surface area contributed by atoms with Crippen LogP contribution < -0.4 is 5.32 Å². The molecule has 0 aromatic carbocycles. The van der Waals surface area contributed by atoms with E-state index in [2.05, 4.69) is 5.32 Å². The molecule has 5 nitrogen and oxygen atoms in total. The number of nitrogens with one attached hydrogen (secondary N) is 1. The van der Waals surface area contributed by atoms with Gasteiger partial charge in [0.25, 0.3) is 0 Å². The average molecular weight is 233 g/mol. The average Bonchev–Trinajstić information content (AvgIpc) is 2.22. The molecule has 0 aromatic rings. The third kappa shape index (κ3) is 5.23. The molecule has 96 valence electrons. The highest BCUT2D eigenvalue weighted by Crippen LogP contribution is 2.22. The molecule has 0 aromatic heterocycles. The monoisotopic (exact) mass is 233 g/mol. The van der Waals surface area contributed by atoms with Gasteiger partial charge in [0.2, 0.25) is 0 Å². The fraction of sp³-hybridized carbons (Fsp3) is 1.00. The van der Waals surface area contributed by atoms with Gasteiger partial charge in [-0.15, -0.1) is 0 Å². The van der Waals surface area contributed by atoms with Gasteiger partial charge in [0.05, 0.1) is 32.0 Å². The molecule has 1 rings (SSSR count). The molecule has 1 saturated carbocycles. The Kier molecular flexibility index (Phi) is 6.91. The van der Waals surface area contributed by atoms with Gasteiger partial charge in [-0.25, -0.2) is 0 Å². The van der Waals surface area contributed by atoms with Crippen LogP contribution in [-0.4, -0.2) is 63.9 Å². The van der Waals surface area contributed by atoms with Crippen LogP contribution in [-0.2, 0) is 14.2 Å². The first-order valence-electron chi connectivity index (χ1n) is 5.77. The highest BCUT2D eigenvalue weighted by atomic mass is 16.5. The van der Waals surface area contributed by atoms with Gasteiger partial charge in [-0.05, 0) is 12.8 Å². The van der Waals surface area contributed by atoms with Crippen LogP contribution in [0.1, 0.15) is 12.8 Å². The largest absolute Gasteiger partial charge is 0.389 e. The predicted octanol–water partition coefficient (Wildman–Crippen LogP) is -0.223. The highest BCUT2D eigenvalue weighted by Gasteiger charge is 2.28. The van der Waals surface area contributed by atoms with Gasteiger partial charge in [-0.3, -0.25) is 0 Å². The van der Waals surface area contributed by atoms with Gasteiger partial charge in [-0.1, -0.05) is 0 Å². The lowest BCUT2D eigenvalue weighted by molar-refractivity contribution is -0.00258. The van der Waals surface area contributed by atoms with Crippen molar-refractivity contribution in [2.75, 3.05) is 40.6 Å². The van der Waals surface area contributed by atoms with Crippen LogP contribution in [0.15, 0.2) is 0 Å². The normalized spacial score (nSPS) is 26.4. The second-order valence-electron chi connectivity index (χ2n) is 4.16. The van der Waals surface area contributed by atoms with Gasteiger partial charge in [-0.2, -0.15) is 0 Å². The smallest absolute Gasteiger partial charge is 0.0897 e. The summed E-state index contributed by atoms with van der Waals surface area (Å²) in [4.78, 5) is 0. The lowest BCUT2D eigenvalue weighted by Crippen LogP contribution is -2.47. The molecule has 0 saturated heterocycles. The molecule has 0 spiro atoms. The maximum atomic E-state index is 9.58. The molecular weight excluding hydrogens is 210 g/mol. The summed E-state index contributed by atoms with van der Waals surface area (Å²) < 4.78 is 15.2. The van der Waals surface area contributed by atoms with Crippen molar-refractivity contribution >= 4 is 0 Å². The number of rotatable bonds is 9. The van der Waals surface area contributed by atoms with E-state index in [9.17, 15) is 5.11 Å². The SMILES string of the molecule is COCCOCC(O)CNC1CC(OC)C1. The van der Waals surface area contributed by atoms with Crippen molar-refractivity contribution in [3.63, 3.8) is 0 Å². The standard InChI is InChI=1S/C11H23NO4/c1-14-3-4-16-8-10(13)7-12-9-5-11(6-9)15-2/h9-13H,3-8H2,1-2H3. The summed E-state index contributed by atoms with van der Waals surface area (Å²) in [5.41, 5.74) is 0. The number of aliphatic hydroxyl groups excluding tert-OH is 1. The number of hydrogen-bond acceptors (Lipinski definition) is 5. The van der Waals surface area contributed by atoms with Crippen molar-refractivity contribution in [3.8, 4) is 0 Å². The Morgan fingerprint density at radius 1 is 1.31 bits per heavy atom. The number of ether oxygens (including phenoxy) is 3. The van der Waals surface area contributed by atoms with Gasteiger partial charge in [0, 0.05) is 26.8 Å². The molecule has 1 fully saturated rings. The second-order valence-corrected chi connectivity index (χ2v) is 4.16. The molecule has 0 bridgehead atoms. The van der Waals surface area contributed by atoms with E-state index in [0.29, 0.717) is 38.5 Å². The van der Waals surface area contributed by atoms with E-state index in [1.165, 1.54) is 0 Å². The van der Waals surface area contributed by atoms with Crippen molar-refractivity contribution in [2.45, 2.75) is 31.1 Å². The maximum absolute atomic E-state index is 9.58. The first-order valence-corrected chi connectivity index (χ1v) is 5.77.